The van der Waals surface area contributed by atoms with Gasteiger partial charge >= 0.3 is 5.91 Å². The lowest BCUT2D eigenvalue weighted by Gasteiger charge is -2.25. The fourth-order valence-electron chi connectivity index (χ4n) is 3.45. The minimum Gasteiger partial charge on any atom is -0.263 e. The molecule has 0 aliphatic carbocycles. The van der Waals surface area contributed by atoms with E-state index in [4.69, 9.17) is 23.2 Å². The minimum absolute atomic E-state index is 0.219. The standard InChI is InChI=1S/C22H25Cl2FN4O.2C2H6/c1-3-4-5-12-28(2)27-22(30)19-14-21(15-6-9-17(25)10-7-15)29(26-19)20-11-8-16(23)13-18(20)24;2*1-2/h6-11,13,21H,3-5,12,14H2,1-2H3,(H,27,30);2*1-2H3/p+1. The first-order chi connectivity index (χ1) is 16.4. The van der Waals surface area contributed by atoms with Gasteiger partial charge in [-0.2, -0.15) is 10.5 Å². The van der Waals surface area contributed by atoms with Gasteiger partial charge in [0.2, 0.25) is 0 Å². The average Bonchev–Trinajstić information content (AvgIpc) is 3.27. The smallest absolute Gasteiger partial charge is 0.263 e. The molecule has 0 spiro atoms. The Balaban J connectivity index is 0.00000137. The second-order valence-electron chi connectivity index (χ2n) is 7.45. The molecule has 2 unspecified atom stereocenters. The zero-order valence-corrected chi connectivity index (χ0v) is 22.6. The van der Waals surface area contributed by atoms with Gasteiger partial charge in [-0.3, -0.25) is 9.80 Å². The van der Waals surface area contributed by atoms with Gasteiger partial charge in [0.1, 0.15) is 11.5 Å². The molecule has 8 heteroatoms. The molecule has 1 aliphatic rings. The van der Waals surface area contributed by atoms with Crippen molar-refractivity contribution < 1.29 is 14.2 Å². The first-order valence-electron chi connectivity index (χ1n) is 12.1. The number of hydrazone groups is 1. The van der Waals surface area contributed by atoms with Gasteiger partial charge in [0, 0.05) is 11.4 Å². The van der Waals surface area contributed by atoms with Crippen molar-refractivity contribution in [2.75, 3.05) is 18.6 Å². The summed E-state index contributed by atoms with van der Waals surface area (Å²) in [5.74, 6) is -0.535. The number of carbonyl (C=O) groups excluding carboxylic acids is 1. The maximum Gasteiger partial charge on any atom is 0.312 e. The summed E-state index contributed by atoms with van der Waals surface area (Å²) < 4.78 is 13.4. The van der Waals surface area contributed by atoms with Crippen molar-refractivity contribution in [1.29, 1.82) is 0 Å². The van der Waals surface area contributed by atoms with Gasteiger partial charge in [0.05, 0.1) is 30.3 Å². The lowest BCUT2D eigenvalue weighted by Crippen LogP contribution is -3.16. The van der Waals surface area contributed by atoms with Crippen LogP contribution in [0.15, 0.2) is 47.6 Å². The second-order valence-corrected chi connectivity index (χ2v) is 8.29. The van der Waals surface area contributed by atoms with Crippen LogP contribution in [0.4, 0.5) is 10.1 Å². The molecular formula is C26H38Cl2FN4O+. The average molecular weight is 513 g/mol. The summed E-state index contributed by atoms with van der Waals surface area (Å²) >= 11 is 12.4. The molecule has 0 radical (unpaired) electrons. The van der Waals surface area contributed by atoms with Gasteiger partial charge in [-0.25, -0.2) is 9.40 Å². The summed E-state index contributed by atoms with van der Waals surface area (Å²) in [5.41, 5.74) is 4.86. The summed E-state index contributed by atoms with van der Waals surface area (Å²) in [7, 11) is 1.92. The van der Waals surface area contributed by atoms with Crippen LogP contribution in [0.5, 0.6) is 0 Å². The first kappa shape index (κ1) is 29.9. The lowest BCUT2D eigenvalue weighted by atomic mass is 10.0. The van der Waals surface area contributed by atoms with Crippen LogP contribution in [-0.4, -0.2) is 25.2 Å². The number of benzene rings is 2. The molecule has 1 aliphatic heterocycles. The van der Waals surface area contributed by atoms with Gasteiger partial charge < -0.3 is 0 Å². The number of hydrogen-bond donors (Lipinski definition) is 2. The molecule has 5 nitrogen and oxygen atoms in total. The minimum atomic E-state index is -0.316. The summed E-state index contributed by atoms with van der Waals surface area (Å²) in [5, 5.41) is 8.17. The normalized spacial score (nSPS) is 15.4. The van der Waals surface area contributed by atoms with E-state index in [-0.39, 0.29) is 17.8 Å². The molecule has 0 saturated carbocycles. The molecule has 2 N–H and O–H groups in total. The maximum absolute atomic E-state index is 13.4. The first-order valence-corrected chi connectivity index (χ1v) is 12.9. The molecule has 188 valence electrons. The van der Waals surface area contributed by atoms with Gasteiger partial charge in [-0.1, -0.05) is 76.4 Å². The van der Waals surface area contributed by atoms with Gasteiger partial charge in [-0.05, 0) is 48.7 Å². The van der Waals surface area contributed by atoms with Crippen molar-refractivity contribution in [3.63, 3.8) is 0 Å². The van der Waals surface area contributed by atoms with Crippen molar-refractivity contribution in [3.8, 4) is 0 Å². The number of nitrogens with zero attached hydrogens (tertiary/aromatic N) is 2. The molecule has 0 bridgehead atoms. The third-order valence-corrected chi connectivity index (χ3v) is 5.60. The largest absolute Gasteiger partial charge is 0.312 e. The van der Waals surface area contributed by atoms with E-state index in [1.807, 2.05) is 34.7 Å². The molecular weight excluding hydrogens is 474 g/mol. The molecule has 2 atom stereocenters. The molecule has 0 saturated heterocycles. The predicted molar refractivity (Wildman–Crippen MR) is 142 cm³/mol. The van der Waals surface area contributed by atoms with Gasteiger partial charge in [0.25, 0.3) is 0 Å². The van der Waals surface area contributed by atoms with E-state index in [9.17, 15) is 9.18 Å². The van der Waals surface area contributed by atoms with E-state index in [1.54, 1.807) is 35.3 Å². The highest BCUT2D eigenvalue weighted by Gasteiger charge is 2.34. The number of hydrogen-bond acceptors (Lipinski definition) is 3. The number of nitrogens with one attached hydrogen (secondary N) is 2. The molecule has 2 aromatic carbocycles. The second kappa shape index (κ2) is 15.7. The zero-order valence-electron chi connectivity index (χ0n) is 21.1. The fourth-order valence-corrected chi connectivity index (χ4v) is 3.94. The van der Waals surface area contributed by atoms with Crippen LogP contribution in [-0.2, 0) is 4.79 Å². The molecule has 2 aromatic rings. The number of halogens is 3. The number of carbonyl (C=O) groups is 1. The summed E-state index contributed by atoms with van der Waals surface area (Å²) in [6.07, 6.45) is 3.69. The summed E-state index contributed by atoms with van der Waals surface area (Å²) in [6.45, 7) is 11.0. The topological polar surface area (TPSA) is 49.1 Å². The number of anilines is 1. The van der Waals surface area contributed by atoms with E-state index in [2.05, 4.69) is 17.5 Å². The van der Waals surface area contributed by atoms with Crippen LogP contribution in [0, 0.1) is 5.82 Å². The van der Waals surface area contributed by atoms with Crippen LogP contribution in [0.1, 0.15) is 71.9 Å². The Morgan fingerprint density at radius 3 is 2.35 bits per heavy atom. The number of amides is 1. The molecule has 3 rings (SSSR count). The van der Waals surface area contributed by atoms with Crippen molar-refractivity contribution in [3.05, 3.63) is 63.9 Å². The Morgan fingerprint density at radius 1 is 1.12 bits per heavy atom. The van der Waals surface area contributed by atoms with E-state index in [0.717, 1.165) is 36.4 Å². The Kier molecular flexibility index (Phi) is 13.8. The lowest BCUT2D eigenvalue weighted by molar-refractivity contribution is -0.916. The summed E-state index contributed by atoms with van der Waals surface area (Å²) in [4.78, 5) is 12.8. The quantitative estimate of drug-likeness (QED) is 0.326. The van der Waals surface area contributed by atoms with Gasteiger partial charge in [0.15, 0.2) is 0 Å². The maximum atomic E-state index is 13.4. The molecule has 0 aromatic heterocycles. The molecule has 0 fully saturated rings. The highest BCUT2D eigenvalue weighted by molar-refractivity contribution is 6.40. The number of unbranched alkanes of at least 4 members (excludes halogenated alkanes) is 2. The van der Waals surface area contributed by atoms with Crippen LogP contribution in [0.3, 0.4) is 0 Å². The Morgan fingerprint density at radius 2 is 1.76 bits per heavy atom. The van der Waals surface area contributed by atoms with E-state index in [0.29, 0.717) is 27.9 Å². The Labute approximate surface area is 213 Å². The van der Waals surface area contributed by atoms with Crippen molar-refractivity contribution in [2.45, 2.75) is 66.3 Å². The fraction of sp³-hybridized carbons (Fsp3) is 0.462. The zero-order chi connectivity index (χ0) is 25.7. The van der Waals surface area contributed by atoms with Gasteiger partial charge in [-0.15, -0.1) is 0 Å². The summed E-state index contributed by atoms with van der Waals surface area (Å²) in [6, 6.07) is 11.1. The third-order valence-electron chi connectivity index (χ3n) is 5.07. The van der Waals surface area contributed by atoms with Crippen LogP contribution in [0.25, 0.3) is 0 Å². The van der Waals surface area contributed by atoms with E-state index in [1.165, 1.54) is 12.1 Å². The molecule has 1 amide bonds. The van der Waals surface area contributed by atoms with Crippen LogP contribution in [0.2, 0.25) is 10.0 Å². The van der Waals surface area contributed by atoms with Crippen molar-refractivity contribution in [2.24, 2.45) is 5.10 Å². The number of quaternary nitrogens is 1. The van der Waals surface area contributed by atoms with Crippen LogP contribution < -0.4 is 15.4 Å². The highest BCUT2D eigenvalue weighted by Crippen LogP contribution is 2.39. The SMILES string of the molecule is CC.CC.CCCCC[NH+](C)NC(=O)C1=NN(c2ccc(Cl)cc2Cl)C(c2ccc(F)cc2)C1. The van der Waals surface area contributed by atoms with Crippen molar-refractivity contribution >= 4 is 40.5 Å². The van der Waals surface area contributed by atoms with E-state index >= 15 is 0 Å². The van der Waals surface area contributed by atoms with E-state index < -0.39 is 0 Å². The molecule has 34 heavy (non-hydrogen) atoms. The highest BCUT2D eigenvalue weighted by atomic mass is 35.5. The van der Waals surface area contributed by atoms with Crippen LogP contribution >= 0.6 is 23.2 Å². The monoisotopic (exact) mass is 511 g/mol. The van der Waals surface area contributed by atoms with Crippen molar-refractivity contribution in [1.82, 2.24) is 5.43 Å². The Hall–Kier alpha value is -2.15. The predicted octanol–water partition coefficient (Wildman–Crippen LogP) is 6.23. The Bertz CT molecular complexity index is 922. The number of rotatable bonds is 8. The molecule has 1 heterocycles. The third kappa shape index (κ3) is 8.57.